The van der Waals surface area contributed by atoms with Gasteiger partial charge in [-0.1, -0.05) is 0 Å². The molecule has 0 N–H and O–H groups in total. The maximum absolute atomic E-state index is 13.6. The van der Waals surface area contributed by atoms with E-state index in [0.29, 0.717) is 32.0 Å². The monoisotopic (exact) mass is 283 g/mol. The summed E-state index contributed by atoms with van der Waals surface area (Å²) < 4.78 is 31.0. The van der Waals surface area contributed by atoms with Gasteiger partial charge in [-0.15, -0.1) is 0 Å². The van der Waals surface area contributed by atoms with Crippen molar-refractivity contribution in [3.63, 3.8) is 0 Å². The molecule has 0 aliphatic carbocycles. The summed E-state index contributed by atoms with van der Waals surface area (Å²) in [6, 6.07) is 2.88. The minimum Gasteiger partial charge on any atom is -0.469 e. The lowest BCUT2D eigenvalue weighted by atomic mass is 9.96. The fourth-order valence-electron chi connectivity index (χ4n) is 2.32. The van der Waals surface area contributed by atoms with Gasteiger partial charge in [0.15, 0.2) is 0 Å². The first-order chi connectivity index (χ1) is 9.52. The molecule has 0 atom stereocenters. The molecule has 1 saturated heterocycles. The third kappa shape index (κ3) is 2.95. The highest BCUT2D eigenvalue weighted by molar-refractivity contribution is 5.94. The standard InChI is InChI=1S/C14H15F2NO3/c1-20-14(19)9-4-6-17(7-5-9)13(18)11-3-2-10(15)8-12(11)16/h2-3,8-9H,4-7H2,1H3. The molecule has 0 spiro atoms. The minimum atomic E-state index is -0.870. The Morgan fingerprint density at radius 2 is 1.90 bits per heavy atom. The topological polar surface area (TPSA) is 46.6 Å². The van der Waals surface area contributed by atoms with Gasteiger partial charge in [-0.25, -0.2) is 8.78 Å². The highest BCUT2D eigenvalue weighted by Gasteiger charge is 2.29. The van der Waals surface area contributed by atoms with Gasteiger partial charge in [-0.05, 0) is 25.0 Å². The number of carbonyl (C=O) groups excluding carboxylic acids is 2. The van der Waals surface area contributed by atoms with Gasteiger partial charge in [0, 0.05) is 19.2 Å². The van der Waals surface area contributed by atoms with E-state index in [2.05, 4.69) is 4.74 Å². The molecule has 6 heteroatoms. The third-order valence-electron chi connectivity index (χ3n) is 3.48. The van der Waals surface area contributed by atoms with Gasteiger partial charge in [-0.2, -0.15) is 0 Å². The van der Waals surface area contributed by atoms with Gasteiger partial charge in [0.2, 0.25) is 0 Å². The van der Waals surface area contributed by atoms with Crippen LogP contribution in [0.3, 0.4) is 0 Å². The second kappa shape index (κ2) is 5.98. The number of nitrogens with zero attached hydrogens (tertiary/aromatic N) is 1. The SMILES string of the molecule is COC(=O)C1CCN(C(=O)c2ccc(F)cc2F)CC1. The van der Waals surface area contributed by atoms with Gasteiger partial charge in [0.05, 0.1) is 18.6 Å². The van der Waals surface area contributed by atoms with Crippen LogP contribution in [-0.4, -0.2) is 37.0 Å². The van der Waals surface area contributed by atoms with E-state index < -0.39 is 17.5 Å². The Morgan fingerprint density at radius 1 is 1.25 bits per heavy atom. The van der Waals surface area contributed by atoms with Crippen LogP contribution in [0.25, 0.3) is 0 Å². The van der Waals surface area contributed by atoms with Crippen molar-refractivity contribution in [1.82, 2.24) is 4.90 Å². The molecule has 1 aromatic carbocycles. The van der Waals surface area contributed by atoms with Crippen LogP contribution in [0.4, 0.5) is 8.78 Å². The maximum atomic E-state index is 13.6. The molecule has 1 aliphatic rings. The van der Waals surface area contributed by atoms with Crippen molar-refractivity contribution in [2.75, 3.05) is 20.2 Å². The van der Waals surface area contributed by atoms with Crippen LogP contribution in [0.2, 0.25) is 0 Å². The van der Waals surface area contributed by atoms with Crippen molar-refractivity contribution in [3.8, 4) is 0 Å². The second-order valence-corrected chi connectivity index (χ2v) is 4.71. The van der Waals surface area contributed by atoms with E-state index in [9.17, 15) is 18.4 Å². The Balaban J connectivity index is 2.03. The first-order valence-electron chi connectivity index (χ1n) is 6.35. The summed E-state index contributed by atoms with van der Waals surface area (Å²) in [5.74, 6) is -2.58. The molecule has 0 unspecified atom stereocenters. The third-order valence-corrected chi connectivity index (χ3v) is 3.48. The van der Waals surface area contributed by atoms with Crippen molar-refractivity contribution in [1.29, 1.82) is 0 Å². The molecular formula is C14H15F2NO3. The number of halogens is 2. The molecule has 108 valence electrons. The molecule has 0 aromatic heterocycles. The number of methoxy groups -OCH3 is 1. The number of rotatable bonds is 2. The Kier molecular flexibility index (Phi) is 4.32. The van der Waals surface area contributed by atoms with Crippen LogP contribution in [0, 0.1) is 17.6 Å². The van der Waals surface area contributed by atoms with Gasteiger partial charge in [-0.3, -0.25) is 9.59 Å². The second-order valence-electron chi connectivity index (χ2n) is 4.71. The van der Waals surface area contributed by atoms with Crippen LogP contribution in [0.1, 0.15) is 23.2 Å². The number of hydrogen-bond acceptors (Lipinski definition) is 3. The fraction of sp³-hybridized carbons (Fsp3) is 0.429. The molecule has 4 nitrogen and oxygen atoms in total. The lowest BCUT2D eigenvalue weighted by Crippen LogP contribution is -2.40. The summed E-state index contributed by atoms with van der Waals surface area (Å²) in [5.41, 5.74) is -0.150. The molecule has 1 fully saturated rings. The van der Waals surface area contributed by atoms with E-state index in [0.717, 1.165) is 12.1 Å². The summed E-state index contributed by atoms with van der Waals surface area (Å²) in [4.78, 5) is 25.0. The Hall–Kier alpha value is -1.98. The van der Waals surface area contributed by atoms with Crippen molar-refractivity contribution in [3.05, 3.63) is 35.4 Å². The van der Waals surface area contributed by atoms with Gasteiger partial charge < -0.3 is 9.64 Å². The first kappa shape index (κ1) is 14.4. The van der Waals surface area contributed by atoms with E-state index in [-0.39, 0.29) is 17.5 Å². The predicted molar refractivity (Wildman–Crippen MR) is 67.0 cm³/mol. The normalized spacial score (nSPS) is 16.1. The predicted octanol–water partition coefficient (Wildman–Crippen LogP) is 1.99. The quantitative estimate of drug-likeness (QED) is 0.780. The van der Waals surface area contributed by atoms with E-state index in [1.165, 1.54) is 12.0 Å². The number of esters is 1. The molecule has 2 rings (SSSR count). The van der Waals surface area contributed by atoms with Gasteiger partial charge in [0.25, 0.3) is 5.91 Å². The average molecular weight is 283 g/mol. The molecule has 20 heavy (non-hydrogen) atoms. The molecular weight excluding hydrogens is 268 g/mol. The molecule has 0 radical (unpaired) electrons. The average Bonchev–Trinajstić information content (AvgIpc) is 2.46. The zero-order chi connectivity index (χ0) is 14.7. The van der Waals surface area contributed by atoms with E-state index in [1.807, 2.05) is 0 Å². The number of benzene rings is 1. The number of amides is 1. The van der Waals surface area contributed by atoms with Crippen LogP contribution in [0.15, 0.2) is 18.2 Å². The zero-order valence-corrected chi connectivity index (χ0v) is 11.1. The Bertz CT molecular complexity index is 525. The van der Waals surface area contributed by atoms with Gasteiger partial charge >= 0.3 is 5.97 Å². The minimum absolute atomic E-state index is 0.150. The van der Waals surface area contributed by atoms with E-state index >= 15 is 0 Å². The van der Waals surface area contributed by atoms with Crippen molar-refractivity contribution >= 4 is 11.9 Å². The fourth-order valence-corrected chi connectivity index (χ4v) is 2.32. The highest BCUT2D eigenvalue weighted by Crippen LogP contribution is 2.21. The van der Waals surface area contributed by atoms with Gasteiger partial charge in [0.1, 0.15) is 11.6 Å². The van der Waals surface area contributed by atoms with E-state index in [4.69, 9.17) is 0 Å². The Labute approximate surface area is 115 Å². The number of carbonyl (C=O) groups is 2. The molecule has 1 heterocycles. The molecule has 1 aliphatic heterocycles. The molecule has 1 aromatic rings. The maximum Gasteiger partial charge on any atom is 0.308 e. The van der Waals surface area contributed by atoms with Crippen molar-refractivity contribution < 1.29 is 23.1 Å². The Morgan fingerprint density at radius 3 is 2.45 bits per heavy atom. The van der Waals surface area contributed by atoms with Crippen molar-refractivity contribution in [2.24, 2.45) is 5.92 Å². The van der Waals surface area contributed by atoms with Crippen LogP contribution in [0.5, 0.6) is 0 Å². The number of piperidine rings is 1. The van der Waals surface area contributed by atoms with Crippen LogP contribution < -0.4 is 0 Å². The summed E-state index contributed by atoms with van der Waals surface area (Å²) in [6.45, 7) is 0.713. The van der Waals surface area contributed by atoms with E-state index in [1.54, 1.807) is 0 Å². The smallest absolute Gasteiger partial charge is 0.308 e. The summed E-state index contributed by atoms with van der Waals surface area (Å²) in [6.07, 6.45) is 0.975. The van der Waals surface area contributed by atoms with Crippen LogP contribution >= 0.6 is 0 Å². The zero-order valence-electron chi connectivity index (χ0n) is 11.1. The largest absolute Gasteiger partial charge is 0.469 e. The molecule has 0 bridgehead atoms. The lowest BCUT2D eigenvalue weighted by Gasteiger charge is -2.30. The lowest BCUT2D eigenvalue weighted by molar-refractivity contribution is -0.146. The first-order valence-corrected chi connectivity index (χ1v) is 6.35. The summed E-state index contributed by atoms with van der Waals surface area (Å²) in [7, 11) is 1.33. The molecule has 0 saturated carbocycles. The summed E-state index contributed by atoms with van der Waals surface area (Å²) >= 11 is 0. The number of ether oxygens (including phenoxy) is 1. The van der Waals surface area contributed by atoms with Crippen LogP contribution in [-0.2, 0) is 9.53 Å². The summed E-state index contributed by atoms with van der Waals surface area (Å²) in [5, 5.41) is 0. The number of hydrogen-bond donors (Lipinski definition) is 0. The number of likely N-dealkylation sites (tertiary alicyclic amines) is 1. The molecule has 1 amide bonds. The van der Waals surface area contributed by atoms with Crippen molar-refractivity contribution in [2.45, 2.75) is 12.8 Å². The highest BCUT2D eigenvalue weighted by atomic mass is 19.1.